The van der Waals surface area contributed by atoms with Gasteiger partial charge in [-0.15, -0.1) is 0 Å². The lowest BCUT2D eigenvalue weighted by Crippen LogP contribution is -2.24. The van der Waals surface area contributed by atoms with Crippen molar-refractivity contribution in [3.05, 3.63) is 77.6 Å². The van der Waals surface area contributed by atoms with Crippen molar-refractivity contribution in [2.24, 2.45) is 0 Å². The van der Waals surface area contributed by atoms with Crippen molar-refractivity contribution in [2.75, 3.05) is 0 Å². The van der Waals surface area contributed by atoms with Gasteiger partial charge in [-0.05, 0) is 48.4 Å². The van der Waals surface area contributed by atoms with E-state index in [1.54, 1.807) is 31.2 Å². The molecule has 1 aliphatic rings. The lowest BCUT2D eigenvalue weighted by Gasteiger charge is -2.22. The number of sulfonamides is 1. The minimum Gasteiger partial charge on any atom is -0.455 e. The second-order valence-electron chi connectivity index (χ2n) is 6.57. The third-order valence-corrected chi connectivity index (χ3v) is 7.88. The number of ether oxygens (including phenoxy) is 1. The summed E-state index contributed by atoms with van der Waals surface area (Å²) in [5.74, 6) is -0.733. The number of sulfone groups is 1. The van der Waals surface area contributed by atoms with Crippen molar-refractivity contribution in [3.63, 3.8) is 0 Å². The number of benzene rings is 3. The zero-order valence-corrected chi connectivity index (χ0v) is 16.8. The molecule has 0 amide bonds. The van der Waals surface area contributed by atoms with Crippen LogP contribution in [0.1, 0.15) is 11.1 Å². The third-order valence-electron chi connectivity index (χ3n) is 4.54. The van der Waals surface area contributed by atoms with Gasteiger partial charge in [0.25, 0.3) is 0 Å². The fourth-order valence-corrected chi connectivity index (χ4v) is 5.95. The SMILES string of the molecule is Cc1cc2c(cc1S(=O)(=O)NCc1ccccc1)S(=O)(=O)c1cc(F)ccc1O2. The highest BCUT2D eigenvalue weighted by Crippen LogP contribution is 2.44. The van der Waals surface area contributed by atoms with Gasteiger partial charge in [0.1, 0.15) is 27.1 Å². The summed E-state index contributed by atoms with van der Waals surface area (Å²) in [5, 5.41) is 0. The summed E-state index contributed by atoms with van der Waals surface area (Å²) >= 11 is 0. The number of hydrogen-bond acceptors (Lipinski definition) is 5. The summed E-state index contributed by atoms with van der Waals surface area (Å²) in [4.78, 5) is -0.838. The highest BCUT2D eigenvalue weighted by Gasteiger charge is 2.34. The molecule has 0 radical (unpaired) electrons. The summed E-state index contributed by atoms with van der Waals surface area (Å²) in [6.45, 7) is 1.60. The Hall–Kier alpha value is -2.75. The van der Waals surface area contributed by atoms with Crippen LogP contribution >= 0.6 is 0 Å². The monoisotopic (exact) mass is 433 g/mol. The van der Waals surface area contributed by atoms with E-state index in [1.165, 1.54) is 12.1 Å². The lowest BCUT2D eigenvalue weighted by atomic mass is 10.2. The molecule has 0 bridgehead atoms. The molecule has 0 saturated heterocycles. The van der Waals surface area contributed by atoms with E-state index in [0.29, 0.717) is 5.56 Å². The molecule has 0 spiro atoms. The second-order valence-corrected chi connectivity index (χ2v) is 10.2. The Morgan fingerprint density at radius 2 is 1.66 bits per heavy atom. The molecule has 4 rings (SSSR count). The average Bonchev–Trinajstić information content (AvgIpc) is 2.67. The number of rotatable bonds is 4. The van der Waals surface area contributed by atoms with Crippen LogP contribution in [0.25, 0.3) is 0 Å². The van der Waals surface area contributed by atoms with Gasteiger partial charge in [-0.2, -0.15) is 0 Å². The smallest absolute Gasteiger partial charge is 0.241 e. The van der Waals surface area contributed by atoms with Crippen LogP contribution in [0.2, 0.25) is 0 Å². The molecule has 0 atom stereocenters. The average molecular weight is 433 g/mol. The molecule has 150 valence electrons. The van der Waals surface area contributed by atoms with Crippen molar-refractivity contribution in [3.8, 4) is 11.5 Å². The molecule has 0 saturated carbocycles. The van der Waals surface area contributed by atoms with E-state index >= 15 is 0 Å². The molecular formula is C20H16FNO5S2. The van der Waals surface area contributed by atoms with Crippen LogP contribution in [0, 0.1) is 12.7 Å². The Morgan fingerprint density at radius 1 is 0.966 bits per heavy atom. The molecular weight excluding hydrogens is 417 g/mol. The number of aryl methyl sites for hydroxylation is 1. The van der Waals surface area contributed by atoms with Gasteiger partial charge in [-0.3, -0.25) is 0 Å². The van der Waals surface area contributed by atoms with Gasteiger partial charge in [0.05, 0.1) is 4.90 Å². The minimum atomic E-state index is -4.15. The van der Waals surface area contributed by atoms with Crippen LogP contribution in [-0.2, 0) is 26.4 Å². The Labute approximate surface area is 167 Å². The molecule has 0 fully saturated rings. The summed E-state index contributed by atoms with van der Waals surface area (Å²) in [5.41, 5.74) is 1.08. The first kappa shape index (κ1) is 19.6. The van der Waals surface area contributed by atoms with Gasteiger partial charge in [-0.25, -0.2) is 25.9 Å². The normalized spacial score (nSPS) is 14.6. The van der Waals surface area contributed by atoms with E-state index in [9.17, 15) is 21.2 Å². The quantitative estimate of drug-likeness (QED) is 0.532. The van der Waals surface area contributed by atoms with Crippen molar-refractivity contribution in [1.82, 2.24) is 4.72 Å². The van der Waals surface area contributed by atoms with E-state index < -0.39 is 25.7 Å². The van der Waals surface area contributed by atoms with Crippen molar-refractivity contribution in [2.45, 2.75) is 28.2 Å². The van der Waals surface area contributed by atoms with E-state index in [-0.39, 0.29) is 32.7 Å². The van der Waals surface area contributed by atoms with Crippen LogP contribution in [-0.4, -0.2) is 16.8 Å². The molecule has 1 heterocycles. The van der Waals surface area contributed by atoms with Gasteiger partial charge < -0.3 is 4.74 Å². The maximum absolute atomic E-state index is 13.6. The van der Waals surface area contributed by atoms with Gasteiger partial charge in [0.15, 0.2) is 0 Å². The number of halogens is 1. The zero-order valence-electron chi connectivity index (χ0n) is 15.2. The van der Waals surface area contributed by atoms with E-state index in [1.807, 2.05) is 6.07 Å². The van der Waals surface area contributed by atoms with Crippen molar-refractivity contribution in [1.29, 1.82) is 0 Å². The molecule has 29 heavy (non-hydrogen) atoms. The Kier molecular flexibility index (Phi) is 4.68. The Balaban J connectivity index is 1.76. The molecule has 1 N–H and O–H groups in total. The van der Waals surface area contributed by atoms with E-state index in [2.05, 4.69) is 4.72 Å². The zero-order chi connectivity index (χ0) is 20.8. The van der Waals surface area contributed by atoms with Crippen molar-refractivity contribution < 1.29 is 26.0 Å². The molecule has 1 aliphatic heterocycles. The highest BCUT2D eigenvalue weighted by atomic mass is 32.2. The minimum absolute atomic E-state index is 0.00335. The van der Waals surface area contributed by atoms with Crippen LogP contribution in [0.3, 0.4) is 0 Å². The Bertz CT molecular complexity index is 1320. The predicted octanol–water partition coefficient (Wildman–Crippen LogP) is 3.55. The predicted molar refractivity (Wildman–Crippen MR) is 104 cm³/mol. The van der Waals surface area contributed by atoms with Crippen LogP contribution in [0.15, 0.2) is 75.4 Å². The van der Waals surface area contributed by atoms with E-state index in [4.69, 9.17) is 4.74 Å². The summed E-state index contributed by atoms with van der Waals surface area (Å²) in [7, 11) is -8.15. The first-order valence-electron chi connectivity index (χ1n) is 8.59. The molecule has 3 aromatic rings. The number of nitrogens with one attached hydrogen (secondary N) is 1. The lowest BCUT2D eigenvalue weighted by molar-refractivity contribution is 0.438. The van der Waals surface area contributed by atoms with Gasteiger partial charge in [-0.1, -0.05) is 30.3 Å². The number of hydrogen-bond donors (Lipinski definition) is 1. The summed E-state index contributed by atoms with van der Waals surface area (Å²) < 4.78 is 73.2. The summed E-state index contributed by atoms with van der Waals surface area (Å²) in [6, 6.07) is 14.5. The molecule has 0 aromatic heterocycles. The topological polar surface area (TPSA) is 89.5 Å². The molecule has 0 aliphatic carbocycles. The first-order valence-corrected chi connectivity index (χ1v) is 11.6. The largest absolute Gasteiger partial charge is 0.455 e. The van der Waals surface area contributed by atoms with Gasteiger partial charge in [0, 0.05) is 6.54 Å². The second kappa shape index (κ2) is 6.94. The first-order chi connectivity index (χ1) is 13.7. The molecule has 6 nitrogen and oxygen atoms in total. The standard InChI is InChI=1S/C20H16FNO5S2/c1-13-9-17-20(28(23,24)19-10-15(21)7-8-16(19)27-17)11-18(13)29(25,26)22-12-14-5-3-2-4-6-14/h2-11,22H,12H2,1H3. The van der Waals surface area contributed by atoms with Gasteiger partial charge >= 0.3 is 0 Å². The fraction of sp³-hybridized carbons (Fsp3) is 0.100. The number of fused-ring (bicyclic) bond motifs is 2. The molecule has 3 aromatic carbocycles. The maximum atomic E-state index is 13.6. The highest BCUT2D eigenvalue weighted by molar-refractivity contribution is 7.92. The molecule has 0 unspecified atom stereocenters. The third kappa shape index (κ3) is 3.52. The summed E-state index contributed by atoms with van der Waals surface area (Å²) in [6.07, 6.45) is 0. The Morgan fingerprint density at radius 3 is 2.38 bits per heavy atom. The van der Waals surface area contributed by atoms with E-state index in [0.717, 1.165) is 23.8 Å². The fourth-order valence-electron chi connectivity index (χ4n) is 3.09. The molecule has 9 heteroatoms. The van der Waals surface area contributed by atoms with Crippen LogP contribution in [0.5, 0.6) is 11.5 Å². The van der Waals surface area contributed by atoms with Gasteiger partial charge in [0.2, 0.25) is 19.9 Å². The maximum Gasteiger partial charge on any atom is 0.241 e. The van der Waals surface area contributed by atoms with Crippen LogP contribution in [0.4, 0.5) is 4.39 Å². The van der Waals surface area contributed by atoms with Crippen LogP contribution < -0.4 is 9.46 Å². The van der Waals surface area contributed by atoms with Crippen molar-refractivity contribution >= 4 is 19.9 Å².